The van der Waals surface area contributed by atoms with E-state index in [1.165, 1.54) is 12.6 Å². The van der Waals surface area contributed by atoms with Crippen LogP contribution in [0, 0.1) is 0 Å². The molecule has 3 rings (SSSR count). The van der Waals surface area contributed by atoms with Gasteiger partial charge in [0.1, 0.15) is 5.69 Å². The van der Waals surface area contributed by atoms with Gasteiger partial charge in [-0.1, -0.05) is 13.3 Å². The third kappa shape index (κ3) is 3.58. The lowest BCUT2D eigenvalue weighted by Crippen LogP contribution is -2.32. The highest BCUT2D eigenvalue weighted by Crippen LogP contribution is 2.43. The first-order chi connectivity index (χ1) is 11.2. The predicted octanol–water partition coefficient (Wildman–Crippen LogP) is 3.04. The van der Waals surface area contributed by atoms with Gasteiger partial charge in [0.05, 0.1) is 5.69 Å². The molecule has 5 nitrogen and oxygen atoms in total. The van der Waals surface area contributed by atoms with Gasteiger partial charge < -0.3 is 5.73 Å². The Morgan fingerprint density at radius 3 is 2.46 bits per heavy atom. The lowest BCUT2D eigenvalue weighted by molar-refractivity contribution is -0.141. The number of alkyl halides is 3. The highest BCUT2D eigenvalue weighted by atomic mass is 19.4. The zero-order valence-corrected chi connectivity index (χ0v) is 13.5. The Hall–Kier alpha value is -2.38. The first kappa shape index (κ1) is 18.0. The molecule has 2 aromatic rings. The van der Waals surface area contributed by atoms with Crippen LogP contribution in [-0.2, 0) is 23.4 Å². The van der Waals surface area contributed by atoms with Crippen LogP contribution in [0.5, 0.6) is 0 Å². The van der Waals surface area contributed by atoms with Crippen molar-refractivity contribution in [2.75, 3.05) is 0 Å². The van der Waals surface area contributed by atoms with Crippen LogP contribution >= 0.6 is 0 Å². The molecule has 1 fully saturated rings. The van der Waals surface area contributed by atoms with Gasteiger partial charge >= 0.3 is 6.18 Å². The molecule has 8 heteroatoms. The molecule has 130 valence electrons. The second-order valence-corrected chi connectivity index (χ2v) is 6.02. The number of rotatable bonds is 2. The van der Waals surface area contributed by atoms with E-state index in [1.807, 2.05) is 13.1 Å². The molecule has 0 radical (unpaired) electrons. The maximum absolute atomic E-state index is 12.7. The van der Waals surface area contributed by atoms with E-state index in [1.54, 1.807) is 10.7 Å². The summed E-state index contributed by atoms with van der Waals surface area (Å²) in [4.78, 5) is 12.0. The molecular formula is C16H19F3N4O. The summed E-state index contributed by atoms with van der Waals surface area (Å²) in [7, 11) is 1.84. The van der Waals surface area contributed by atoms with E-state index in [4.69, 9.17) is 4.79 Å². The standard InChI is InChI=1S/C15H16F3N3.CH3NO/c1-14(5-3-6-14)13-9-11(20-21(13)2)10-4-7-19-12(8-10)15(16,17)18;2-1-3/h4,7-9H,3,5-6H2,1-2H3;1H,(H2,2,3). The maximum Gasteiger partial charge on any atom is 0.433 e. The van der Waals surface area contributed by atoms with E-state index >= 15 is 0 Å². The van der Waals surface area contributed by atoms with Crippen LogP contribution < -0.4 is 5.73 Å². The monoisotopic (exact) mass is 340 g/mol. The average Bonchev–Trinajstić information content (AvgIpc) is 2.87. The normalized spacial score (nSPS) is 15.9. The van der Waals surface area contributed by atoms with E-state index in [-0.39, 0.29) is 11.8 Å². The topological polar surface area (TPSA) is 73.8 Å². The minimum absolute atomic E-state index is 0.0971. The second kappa shape index (κ2) is 6.62. The van der Waals surface area contributed by atoms with Gasteiger partial charge in [-0.25, -0.2) is 0 Å². The number of hydrogen-bond donors (Lipinski definition) is 1. The Labute approximate surface area is 137 Å². The largest absolute Gasteiger partial charge is 0.433 e. The van der Waals surface area contributed by atoms with Gasteiger partial charge in [0.2, 0.25) is 6.41 Å². The number of carbonyl (C=O) groups is 1. The van der Waals surface area contributed by atoms with Crippen LogP contribution in [0.2, 0.25) is 0 Å². The van der Waals surface area contributed by atoms with Crippen molar-refractivity contribution in [3.8, 4) is 11.3 Å². The average molecular weight is 340 g/mol. The summed E-state index contributed by atoms with van der Waals surface area (Å²) in [6.45, 7) is 2.17. The zero-order valence-electron chi connectivity index (χ0n) is 13.5. The number of nitrogens with two attached hydrogens (primary N) is 1. The Balaban J connectivity index is 0.000000647. The van der Waals surface area contributed by atoms with Crippen molar-refractivity contribution in [2.24, 2.45) is 12.8 Å². The number of carbonyl (C=O) groups excluding carboxylic acids is 1. The summed E-state index contributed by atoms with van der Waals surface area (Å²) in [6, 6.07) is 4.51. The van der Waals surface area contributed by atoms with Gasteiger partial charge in [-0.15, -0.1) is 0 Å². The molecule has 2 heterocycles. The number of hydrogen-bond acceptors (Lipinski definition) is 3. The van der Waals surface area contributed by atoms with Gasteiger partial charge in [0.25, 0.3) is 0 Å². The maximum atomic E-state index is 12.7. The predicted molar refractivity (Wildman–Crippen MR) is 82.9 cm³/mol. The molecule has 0 bridgehead atoms. The Bertz CT molecular complexity index is 720. The summed E-state index contributed by atoms with van der Waals surface area (Å²) >= 11 is 0. The molecule has 1 amide bonds. The van der Waals surface area contributed by atoms with Crippen molar-refractivity contribution in [1.29, 1.82) is 0 Å². The van der Waals surface area contributed by atoms with Gasteiger partial charge in [-0.2, -0.15) is 18.3 Å². The van der Waals surface area contributed by atoms with E-state index in [0.717, 1.165) is 24.6 Å². The fourth-order valence-corrected chi connectivity index (χ4v) is 2.88. The van der Waals surface area contributed by atoms with E-state index in [0.29, 0.717) is 11.3 Å². The Morgan fingerprint density at radius 2 is 1.96 bits per heavy atom. The van der Waals surface area contributed by atoms with Crippen LogP contribution in [0.3, 0.4) is 0 Å². The van der Waals surface area contributed by atoms with Crippen molar-refractivity contribution < 1.29 is 18.0 Å². The van der Waals surface area contributed by atoms with Gasteiger partial charge in [-0.05, 0) is 31.0 Å². The second-order valence-electron chi connectivity index (χ2n) is 6.02. The molecule has 24 heavy (non-hydrogen) atoms. The zero-order chi connectivity index (χ0) is 18.0. The van der Waals surface area contributed by atoms with Crippen molar-refractivity contribution in [3.05, 3.63) is 35.8 Å². The number of nitrogens with zero attached hydrogens (tertiary/aromatic N) is 3. The SMILES string of the molecule is Cn1nc(-c2ccnc(C(F)(F)F)c2)cc1C1(C)CCC1.NC=O. The summed E-state index contributed by atoms with van der Waals surface area (Å²) < 4.78 is 40.0. The van der Waals surface area contributed by atoms with Crippen LogP contribution in [-0.4, -0.2) is 21.2 Å². The summed E-state index contributed by atoms with van der Waals surface area (Å²) in [5.41, 5.74) is 5.46. The van der Waals surface area contributed by atoms with Gasteiger partial charge in [0, 0.05) is 29.9 Å². The fraction of sp³-hybridized carbons (Fsp3) is 0.438. The molecule has 1 saturated carbocycles. The van der Waals surface area contributed by atoms with Gasteiger partial charge in [0.15, 0.2) is 0 Å². The van der Waals surface area contributed by atoms with Crippen molar-refractivity contribution >= 4 is 6.41 Å². The number of halogens is 3. The first-order valence-corrected chi connectivity index (χ1v) is 7.45. The number of pyridine rings is 1. The number of amides is 1. The molecule has 1 aliphatic carbocycles. The van der Waals surface area contributed by atoms with Crippen molar-refractivity contribution in [1.82, 2.24) is 14.8 Å². The summed E-state index contributed by atoms with van der Waals surface area (Å²) in [5, 5.41) is 4.37. The molecule has 2 N–H and O–H groups in total. The molecule has 0 atom stereocenters. The van der Waals surface area contributed by atoms with Crippen molar-refractivity contribution in [2.45, 2.75) is 37.8 Å². The molecule has 0 aliphatic heterocycles. The summed E-state index contributed by atoms with van der Waals surface area (Å²) in [6.07, 6.45) is 0.363. The molecule has 0 unspecified atom stereocenters. The lowest BCUT2D eigenvalue weighted by Gasteiger charge is -2.38. The van der Waals surface area contributed by atoms with Crippen LogP contribution in [0.25, 0.3) is 11.3 Å². The highest BCUT2D eigenvalue weighted by Gasteiger charge is 2.37. The highest BCUT2D eigenvalue weighted by molar-refractivity contribution is 5.60. The fourth-order valence-electron chi connectivity index (χ4n) is 2.88. The van der Waals surface area contributed by atoms with Crippen LogP contribution in [0.4, 0.5) is 13.2 Å². The van der Waals surface area contributed by atoms with E-state index < -0.39 is 11.9 Å². The molecular weight excluding hydrogens is 321 g/mol. The van der Waals surface area contributed by atoms with Crippen molar-refractivity contribution in [3.63, 3.8) is 0 Å². The van der Waals surface area contributed by atoms with E-state index in [2.05, 4.69) is 22.7 Å². The first-order valence-electron chi connectivity index (χ1n) is 7.45. The minimum atomic E-state index is -4.44. The third-order valence-corrected chi connectivity index (χ3v) is 4.30. The Kier molecular flexibility index (Phi) is 4.96. The number of primary amides is 1. The molecule has 0 spiro atoms. The molecule has 2 aromatic heterocycles. The minimum Gasteiger partial charge on any atom is -0.372 e. The molecule has 1 aliphatic rings. The quantitative estimate of drug-likeness (QED) is 0.854. The smallest absolute Gasteiger partial charge is 0.372 e. The third-order valence-electron chi connectivity index (χ3n) is 4.30. The molecule has 0 aromatic carbocycles. The lowest BCUT2D eigenvalue weighted by atomic mass is 9.68. The summed E-state index contributed by atoms with van der Waals surface area (Å²) in [5.74, 6) is 0. The van der Waals surface area contributed by atoms with E-state index in [9.17, 15) is 13.2 Å². The van der Waals surface area contributed by atoms with Gasteiger partial charge in [-0.3, -0.25) is 14.5 Å². The molecule has 0 saturated heterocycles. The number of aromatic nitrogens is 3. The Morgan fingerprint density at radius 1 is 1.33 bits per heavy atom. The van der Waals surface area contributed by atoms with Crippen LogP contribution in [0.1, 0.15) is 37.6 Å². The van der Waals surface area contributed by atoms with Crippen LogP contribution in [0.15, 0.2) is 24.4 Å². The number of aryl methyl sites for hydroxylation is 1.